The first-order chi connectivity index (χ1) is 9.61. The molecular formula is C15H29N5. The fourth-order valence-electron chi connectivity index (χ4n) is 2.93. The number of rotatable bonds is 6. The molecule has 2 rings (SSSR count). The fourth-order valence-corrected chi connectivity index (χ4v) is 2.93. The van der Waals surface area contributed by atoms with Gasteiger partial charge in [0.15, 0.2) is 0 Å². The second-order valence-corrected chi connectivity index (χ2v) is 5.98. The molecule has 1 aromatic rings. The molecule has 3 N–H and O–H groups in total. The van der Waals surface area contributed by atoms with Crippen molar-refractivity contribution in [3.05, 3.63) is 5.69 Å². The maximum absolute atomic E-state index is 6.16. The highest BCUT2D eigenvalue weighted by Gasteiger charge is 2.17. The largest absolute Gasteiger partial charge is 0.394 e. The number of nitrogens with one attached hydrogen (secondary N) is 1. The summed E-state index contributed by atoms with van der Waals surface area (Å²) in [7, 11) is 0. The van der Waals surface area contributed by atoms with E-state index < -0.39 is 0 Å². The van der Waals surface area contributed by atoms with E-state index >= 15 is 0 Å². The summed E-state index contributed by atoms with van der Waals surface area (Å²) in [5.41, 5.74) is 7.87. The monoisotopic (exact) mass is 279 g/mol. The van der Waals surface area contributed by atoms with Gasteiger partial charge in [0.25, 0.3) is 0 Å². The lowest BCUT2D eigenvalue weighted by Gasteiger charge is -2.29. The lowest BCUT2D eigenvalue weighted by atomic mass is 10.1. The van der Waals surface area contributed by atoms with Gasteiger partial charge in [-0.25, -0.2) is 4.68 Å². The second kappa shape index (κ2) is 6.97. The van der Waals surface area contributed by atoms with E-state index in [9.17, 15) is 0 Å². The minimum absolute atomic E-state index is 0.391. The van der Waals surface area contributed by atoms with E-state index in [1.54, 1.807) is 0 Å². The number of hydrogen-bond donors (Lipinski definition) is 2. The van der Waals surface area contributed by atoms with E-state index in [1.165, 1.54) is 32.4 Å². The summed E-state index contributed by atoms with van der Waals surface area (Å²) < 4.78 is 2.01. The molecule has 1 fully saturated rings. The molecule has 1 atom stereocenters. The highest BCUT2D eigenvalue weighted by atomic mass is 15.3. The predicted molar refractivity (Wildman–Crippen MR) is 85.0 cm³/mol. The Labute approximate surface area is 122 Å². The summed E-state index contributed by atoms with van der Waals surface area (Å²) in [6, 6.07) is 0.391. The van der Waals surface area contributed by atoms with Gasteiger partial charge in [-0.05, 0) is 46.2 Å². The summed E-state index contributed by atoms with van der Waals surface area (Å²) in [5.74, 6) is 0.994. The smallest absolute Gasteiger partial charge is 0.148 e. The molecule has 2 heterocycles. The van der Waals surface area contributed by atoms with Crippen LogP contribution in [0.25, 0.3) is 0 Å². The number of likely N-dealkylation sites (tertiary alicyclic amines) is 1. The molecule has 1 aliphatic rings. The Morgan fingerprint density at radius 1 is 1.30 bits per heavy atom. The van der Waals surface area contributed by atoms with Crippen LogP contribution in [0.15, 0.2) is 0 Å². The zero-order valence-corrected chi connectivity index (χ0v) is 13.2. The van der Waals surface area contributed by atoms with E-state index in [0.717, 1.165) is 36.7 Å². The van der Waals surface area contributed by atoms with Gasteiger partial charge < -0.3 is 16.0 Å². The highest BCUT2D eigenvalue weighted by Crippen LogP contribution is 2.23. The Morgan fingerprint density at radius 3 is 2.65 bits per heavy atom. The van der Waals surface area contributed by atoms with Crippen molar-refractivity contribution in [2.75, 3.05) is 30.7 Å². The van der Waals surface area contributed by atoms with Crippen molar-refractivity contribution in [1.82, 2.24) is 14.7 Å². The second-order valence-electron chi connectivity index (χ2n) is 5.98. The summed E-state index contributed by atoms with van der Waals surface area (Å²) >= 11 is 0. The van der Waals surface area contributed by atoms with Gasteiger partial charge in [-0.2, -0.15) is 5.10 Å². The maximum atomic E-state index is 6.16. The molecule has 0 amide bonds. The molecule has 0 radical (unpaired) electrons. The summed E-state index contributed by atoms with van der Waals surface area (Å²) in [6.07, 6.45) is 5.12. The minimum atomic E-state index is 0.391. The van der Waals surface area contributed by atoms with Crippen molar-refractivity contribution < 1.29 is 0 Å². The number of nitrogen functional groups attached to an aromatic ring is 1. The first kappa shape index (κ1) is 15.2. The third kappa shape index (κ3) is 3.66. The lowest BCUT2D eigenvalue weighted by molar-refractivity contribution is 0.223. The van der Waals surface area contributed by atoms with Crippen molar-refractivity contribution >= 4 is 11.5 Å². The molecule has 0 saturated carbocycles. The Kier molecular flexibility index (Phi) is 5.29. The zero-order valence-electron chi connectivity index (χ0n) is 13.2. The molecule has 5 nitrogen and oxygen atoms in total. The average molecular weight is 279 g/mol. The third-order valence-electron chi connectivity index (χ3n) is 3.97. The summed E-state index contributed by atoms with van der Waals surface area (Å²) in [4.78, 5) is 2.55. The SMILES string of the molecule is CCCn1nc(C)c(N)c1NC(C)CN1CCCCC1. The molecule has 1 saturated heterocycles. The van der Waals surface area contributed by atoms with Crippen LogP contribution < -0.4 is 11.1 Å². The van der Waals surface area contributed by atoms with E-state index in [2.05, 4.69) is 29.2 Å². The minimum Gasteiger partial charge on any atom is -0.394 e. The molecule has 0 bridgehead atoms. The van der Waals surface area contributed by atoms with Crippen LogP contribution in [0.5, 0.6) is 0 Å². The zero-order chi connectivity index (χ0) is 14.5. The summed E-state index contributed by atoms with van der Waals surface area (Å²) in [6.45, 7) is 10.8. The maximum Gasteiger partial charge on any atom is 0.148 e. The van der Waals surface area contributed by atoms with Gasteiger partial charge >= 0.3 is 0 Å². The molecule has 0 aromatic carbocycles. The quantitative estimate of drug-likeness (QED) is 0.840. The number of hydrogen-bond acceptors (Lipinski definition) is 4. The number of aromatic nitrogens is 2. The number of piperidine rings is 1. The van der Waals surface area contributed by atoms with E-state index in [1.807, 2.05) is 11.6 Å². The van der Waals surface area contributed by atoms with E-state index in [-0.39, 0.29) is 0 Å². The van der Waals surface area contributed by atoms with Crippen molar-refractivity contribution in [3.8, 4) is 0 Å². The van der Waals surface area contributed by atoms with Crippen molar-refractivity contribution in [2.24, 2.45) is 0 Å². The van der Waals surface area contributed by atoms with Gasteiger partial charge in [-0.1, -0.05) is 13.3 Å². The van der Waals surface area contributed by atoms with Crippen molar-refractivity contribution in [2.45, 2.75) is 59.0 Å². The topological polar surface area (TPSA) is 59.1 Å². The first-order valence-electron chi connectivity index (χ1n) is 7.93. The molecular weight excluding hydrogens is 250 g/mol. The Balaban J connectivity index is 1.97. The Bertz CT molecular complexity index is 420. The van der Waals surface area contributed by atoms with Crippen LogP contribution in [0, 0.1) is 6.92 Å². The molecule has 0 spiro atoms. The van der Waals surface area contributed by atoms with Gasteiger partial charge in [-0.15, -0.1) is 0 Å². The fraction of sp³-hybridized carbons (Fsp3) is 0.800. The molecule has 1 unspecified atom stereocenters. The molecule has 0 aliphatic carbocycles. The van der Waals surface area contributed by atoms with Crippen LogP contribution in [0.4, 0.5) is 11.5 Å². The van der Waals surface area contributed by atoms with Crippen molar-refractivity contribution in [1.29, 1.82) is 0 Å². The van der Waals surface area contributed by atoms with E-state index in [0.29, 0.717) is 6.04 Å². The van der Waals surface area contributed by atoms with Gasteiger partial charge in [0.05, 0.1) is 11.4 Å². The summed E-state index contributed by atoms with van der Waals surface area (Å²) in [5, 5.41) is 8.08. The molecule has 1 aromatic heterocycles. The van der Waals surface area contributed by atoms with Crippen LogP contribution >= 0.6 is 0 Å². The van der Waals surface area contributed by atoms with Gasteiger partial charge in [0.1, 0.15) is 5.82 Å². The lowest BCUT2D eigenvalue weighted by Crippen LogP contribution is -2.38. The van der Waals surface area contributed by atoms with Crippen LogP contribution in [0.2, 0.25) is 0 Å². The number of aryl methyl sites for hydroxylation is 2. The Hall–Kier alpha value is -1.23. The number of nitrogens with zero attached hydrogens (tertiary/aromatic N) is 3. The van der Waals surface area contributed by atoms with Gasteiger partial charge in [0.2, 0.25) is 0 Å². The van der Waals surface area contributed by atoms with E-state index in [4.69, 9.17) is 5.73 Å². The highest BCUT2D eigenvalue weighted by molar-refractivity contribution is 5.65. The average Bonchev–Trinajstić information content (AvgIpc) is 2.68. The first-order valence-corrected chi connectivity index (χ1v) is 7.93. The molecule has 20 heavy (non-hydrogen) atoms. The standard InChI is InChI=1S/C15H29N5/c1-4-8-20-15(14(16)13(3)18-20)17-12(2)11-19-9-6-5-7-10-19/h12,17H,4-11,16H2,1-3H3. The molecule has 114 valence electrons. The third-order valence-corrected chi connectivity index (χ3v) is 3.97. The van der Waals surface area contributed by atoms with Crippen LogP contribution in [-0.4, -0.2) is 40.4 Å². The van der Waals surface area contributed by atoms with Crippen LogP contribution in [0.1, 0.15) is 45.2 Å². The number of anilines is 2. The Morgan fingerprint density at radius 2 is 2.00 bits per heavy atom. The molecule has 5 heteroatoms. The van der Waals surface area contributed by atoms with Gasteiger partial charge in [-0.3, -0.25) is 0 Å². The predicted octanol–water partition coefficient (Wildman–Crippen LogP) is 2.47. The number of nitrogens with two attached hydrogens (primary N) is 1. The van der Waals surface area contributed by atoms with Crippen LogP contribution in [-0.2, 0) is 6.54 Å². The van der Waals surface area contributed by atoms with Gasteiger partial charge in [0, 0.05) is 19.1 Å². The molecule has 1 aliphatic heterocycles. The normalized spacial score (nSPS) is 18.1. The van der Waals surface area contributed by atoms with Crippen LogP contribution in [0.3, 0.4) is 0 Å². The van der Waals surface area contributed by atoms with Crippen molar-refractivity contribution in [3.63, 3.8) is 0 Å².